The molecule has 0 aromatic carbocycles. The molecule has 5 rings (SSSR count). The Hall–Kier alpha value is -2.73. The van der Waals surface area contributed by atoms with Gasteiger partial charge in [-0.25, -0.2) is 4.98 Å². The van der Waals surface area contributed by atoms with Crippen LogP contribution in [0, 0.1) is 6.92 Å². The van der Waals surface area contributed by atoms with Crippen molar-refractivity contribution >= 4 is 22.3 Å². The van der Waals surface area contributed by atoms with Gasteiger partial charge in [-0.2, -0.15) is 5.10 Å². The Balaban J connectivity index is 1.79. The van der Waals surface area contributed by atoms with Crippen LogP contribution in [0.4, 0.5) is 5.82 Å². The highest BCUT2D eigenvalue weighted by atomic mass is 16.5. The second-order valence-corrected chi connectivity index (χ2v) is 7.75. The Morgan fingerprint density at radius 2 is 2.25 bits per heavy atom. The Labute approximate surface area is 164 Å². The first-order chi connectivity index (χ1) is 13.7. The molecule has 0 saturated carbocycles. The van der Waals surface area contributed by atoms with Gasteiger partial charge in [0.25, 0.3) is 0 Å². The first-order valence-corrected chi connectivity index (χ1v) is 10.1. The van der Waals surface area contributed by atoms with Gasteiger partial charge < -0.3 is 9.64 Å². The van der Waals surface area contributed by atoms with E-state index in [4.69, 9.17) is 14.7 Å². The maximum Gasteiger partial charge on any atom is 0.130 e. The number of anilines is 1. The van der Waals surface area contributed by atoms with Gasteiger partial charge in [0.05, 0.1) is 24.9 Å². The van der Waals surface area contributed by atoms with Crippen LogP contribution in [0.5, 0.6) is 0 Å². The number of hydrogen-bond acceptors (Lipinski definition) is 5. The minimum Gasteiger partial charge on any atom is -0.377 e. The van der Waals surface area contributed by atoms with Crippen molar-refractivity contribution in [2.75, 3.05) is 24.7 Å². The molecule has 6 heteroatoms. The van der Waals surface area contributed by atoms with E-state index < -0.39 is 0 Å². The number of nitrogens with one attached hydrogen (secondary N) is 1. The molecule has 3 aromatic heterocycles. The summed E-state index contributed by atoms with van der Waals surface area (Å²) in [6, 6.07) is 4.54. The van der Waals surface area contributed by atoms with E-state index >= 15 is 0 Å². The Kier molecular flexibility index (Phi) is 4.36. The number of pyridine rings is 2. The summed E-state index contributed by atoms with van der Waals surface area (Å²) in [5, 5.41) is 8.39. The molecule has 3 aromatic rings. The molecule has 2 aliphatic rings. The van der Waals surface area contributed by atoms with Crippen LogP contribution in [0.2, 0.25) is 0 Å². The molecule has 1 fully saturated rings. The molecule has 0 radical (unpaired) electrons. The third-order valence-electron chi connectivity index (χ3n) is 5.82. The summed E-state index contributed by atoms with van der Waals surface area (Å²) < 4.78 is 5.65. The number of aromatic nitrogens is 4. The first-order valence-electron chi connectivity index (χ1n) is 10.1. The van der Waals surface area contributed by atoms with Gasteiger partial charge in [-0.05, 0) is 61.9 Å². The fourth-order valence-corrected chi connectivity index (χ4v) is 4.36. The normalized spacial score (nSPS) is 20.0. The van der Waals surface area contributed by atoms with E-state index in [1.807, 2.05) is 12.3 Å². The summed E-state index contributed by atoms with van der Waals surface area (Å²) in [4.78, 5) is 12.2. The van der Waals surface area contributed by atoms with Crippen LogP contribution in [0.25, 0.3) is 27.9 Å². The van der Waals surface area contributed by atoms with Gasteiger partial charge in [-0.1, -0.05) is 6.08 Å². The number of ether oxygens (including phenoxy) is 1. The number of fused-ring (bicyclic) bond motifs is 1. The van der Waals surface area contributed by atoms with E-state index in [0.29, 0.717) is 6.04 Å². The molecular weight excluding hydrogens is 350 g/mol. The van der Waals surface area contributed by atoms with Crippen molar-refractivity contribution in [2.24, 2.45) is 0 Å². The van der Waals surface area contributed by atoms with Gasteiger partial charge in [0, 0.05) is 24.3 Å². The molecular formula is C22H25N5O. The van der Waals surface area contributed by atoms with Crippen LogP contribution in [0.15, 0.2) is 30.6 Å². The van der Waals surface area contributed by atoms with Gasteiger partial charge in [-0.3, -0.25) is 10.1 Å². The Bertz CT molecular complexity index is 1040. The molecule has 6 nitrogen and oxygen atoms in total. The summed E-state index contributed by atoms with van der Waals surface area (Å²) in [6.45, 7) is 6.66. The highest BCUT2D eigenvalue weighted by Crippen LogP contribution is 2.38. The van der Waals surface area contributed by atoms with Gasteiger partial charge >= 0.3 is 0 Å². The van der Waals surface area contributed by atoms with Crippen molar-refractivity contribution in [3.8, 4) is 11.4 Å². The molecule has 0 spiro atoms. The minimum absolute atomic E-state index is 0.303. The van der Waals surface area contributed by atoms with Crippen molar-refractivity contribution in [1.82, 2.24) is 20.2 Å². The maximum atomic E-state index is 5.65. The SMILES string of the molecule is Cc1cnc(-c2ccn[nH]2)c2nc(N3CCOCC3C)cc(C3=CCCC3)c12. The largest absolute Gasteiger partial charge is 0.377 e. The Morgan fingerprint density at radius 1 is 1.32 bits per heavy atom. The molecule has 1 saturated heterocycles. The molecule has 0 bridgehead atoms. The lowest BCUT2D eigenvalue weighted by Crippen LogP contribution is -2.44. The molecule has 1 aliphatic heterocycles. The number of H-pyrrole nitrogens is 1. The predicted molar refractivity (Wildman–Crippen MR) is 111 cm³/mol. The first kappa shape index (κ1) is 17.4. The molecule has 144 valence electrons. The number of aryl methyl sites for hydroxylation is 1. The van der Waals surface area contributed by atoms with E-state index in [1.165, 1.54) is 22.9 Å². The number of hydrogen-bond donors (Lipinski definition) is 1. The van der Waals surface area contributed by atoms with Crippen LogP contribution >= 0.6 is 0 Å². The van der Waals surface area contributed by atoms with E-state index in [2.05, 4.69) is 41.1 Å². The standard InChI is InChI=1S/C22H25N5O/c1-14-12-23-21(18-7-8-24-26-18)22-20(14)17(16-5-3-4-6-16)11-19(25-22)27-9-10-28-13-15(27)2/h5,7-8,11-12,15H,3-4,6,9-10,13H2,1-2H3,(H,24,26). The molecule has 1 unspecified atom stereocenters. The molecule has 1 aliphatic carbocycles. The van der Waals surface area contributed by atoms with Crippen LogP contribution in [-0.2, 0) is 4.74 Å². The number of allylic oxidation sites excluding steroid dienone is 2. The highest BCUT2D eigenvalue weighted by Gasteiger charge is 2.24. The maximum absolute atomic E-state index is 5.65. The van der Waals surface area contributed by atoms with Crippen molar-refractivity contribution < 1.29 is 4.74 Å². The third kappa shape index (κ3) is 2.88. The van der Waals surface area contributed by atoms with E-state index in [1.54, 1.807) is 6.20 Å². The Morgan fingerprint density at radius 3 is 3.00 bits per heavy atom. The summed E-state index contributed by atoms with van der Waals surface area (Å²) in [6.07, 6.45) is 9.60. The summed E-state index contributed by atoms with van der Waals surface area (Å²) >= 11 is 0. The van der Waals surface area contributed by atoms with Gasteiger partial charge in [0.1, 0.15) is 17.0 Å². The average molecular weight is 375 g/mol. The minimum atomic E-state index is 0.303. The average Bonchev–Trinajstić information content (AvgIpc) is 3.42. The van der Waals surface area contributed by atoms with Crippen molar-refractivity contribution in [3.63, 3.8) is 0 Å². The van der Waals surface area contributed by atoms with E-state index in [-0.39, 0.29) is 0 Å². The zero-order valence-electron chi connectivity index (χ0n) is 16.4. The zero-order chi connectivity index (χ0) is 19.1. The van der Waals surface area contributed by atoms with Crippen LogP contribution in [-0.4, -0.2) is 46.0 Å². The van der Waals surface area contributed by atoms with Crippen molar-refractivity contribution in [3.05, 3.63) is 41.7 Å². The third-order valence-corrected chi connectivity index (χ3v) is 5.82. The number of aromatic amines is 1. The second kappa shape index (κ2) is 7.02. The van der Waals surface area contributed by atoms with Crippen LogP contribution in [0.3, 0.4) is 0 Å². The smallest absolute Gasteiger partial charge is 0.130 e. The summed E-state index contributed by atoms with van der Waals surface area (Å²) in [5.41, 5.74) is 6.60. The number of nitrogens with zero attached hydrogens (tertiary/aromatic N) is 4. The predicted octanol–water partition coefficient (Wildman–Crippen LogP) is 4.12. The summed E-state index contributed by atoms with van der Waals surface area (Å²) in [5.74, 6) is 1.01. The second-order valence-electron chi connectivity index (χ2n) is 7.75. The summed E-state index contributed by atoms with van der Waals surface area (Å²) in [7, 11) is 0. The van der Waals surface area contributed by atoms with Crippen molar-refractivity contribution in [2.45, 2.75) is 39.2 Å². The quantitative estimate of drug-likeness (QED) is 0.746. The number of rotatable bonds is 3. The lowest BCUT2D eigenvalue weighted by Gasteiger charge is -2.35. The van der Waals surface area contributed by atoms with Gasteiger partial charge in [0.2, 0.25) is 0 Å². The zero-order valence-corrected chi connectivity index (χ0v) is 16.4. The van der Waals surface area contributed by atoms with Crippen LogP contribution < -0.4 is 4.90 Å². The van der Waals surface area contributed by atoms with E-state index in [0.717, 1.165) is 60.9 Å². The molecule has 28 heavy (non-hydrogen) atoms. The lowest BCUT2D eigenvalue weighted by atomic mass is 9.96. The van der Waals surface area contributed by atoms with Crippen LogP contribution in [0.1, 0.15) is 37.3 Å². The lowest BCUT2D eigenvalue weighted by molar-refractivity contribution is 0.0985. The van der Waals surface area contributed by atoms with Gasteiger partial charge in [-0.15, -0.1) is 0 Å². The monoisotopic (exact) mass is 375 g/mol. The molecule has 0 amide bonds. The fraction of sp³-hybridized carbons (Fsp3) is 0.409. The van der Waals surface area contributed by atoms with Crippen molar-refractivity contribution in [1.29, 1.82) is 0 Å². The molecule has 4 heterocycles. The topological polar surface area (TPSA) is 66.9 Å². The van der Waals surface area contributed by atoms with E-state index in [9.17, 15) is 0 Å². The van der Waals surface area contributed by atoms with Gasteiger partial charge in [0.15, 0.2) is 0 Å². The fourth-order valence-electron chi connectivity index (χ4n) is 4.36. The molecule has 1 N–H and O–H groups in total. The molecule has 1 atom stereocenters. The number of morpholine rings is 1. The highest BCUT2D eigenvalue weighted by molar-refractivity contribution is 6.01.